The van der Waals surface area contributed by atoms with E-state index in [1.165, 1.54) is 26.8 Å². The molecule has 0 N–H and O–H groups in total. The summed E-state index contributed by atoms with van der Waals surface area (Å²) in [6.07, 6.45) is 5.53. The molecule has 0 amide bonds. The molecule has 4 aromatic rings. The first-order valence-electron chi connectivity index (χ1n) is 16.2. The summed E-state index contributed by atoms with van der Waals surface area (Å²) in [5, 5.41) is 0. The minimum atomic E-state index is -4.27. The molecule has 7 rings (SSSR count). The lowest BCUT2D eigenvalue weighted by molar-refractivity contribution is -0.0393. The van der Waals surface area contributed by atoms with Gasteiger partial charge in [0, 0.05) is 19.3 Å². The Morgan fingerprint density at radius 1 is 0.562 bits per heavy atom. The molecule has 0 spiro atoms. The largest absolute Gasteiger partial charge is 0.744 e. The van der Waals surface area contributed by atoms with Gasteiger partial charge in [-0.15, -0.1) is 0 Å². The van der Waals surface area contributed by atoms with Gasteiger partial charge in [0.25, 0.3) is 0 Å². The molecule has 3 heterocycles. The van der Waals surface area contributed by atoms with Crippen LogP contribution in [0.15, 0.2) is 117 Å². The Kier molecular flexibility index (Phi) is 11.6. The average Bonchev–Trinajstić information content (AvgIpc) is 3.90. The summed E-state index contributed by atoms with van der Waals surface area (Å²) in [5.41, 5.74) is 0.928. The maximum Gasteiger partial charge on any atom is 0.199 e. The minimum Gasteiger partial charge on any atom is -0.744 e. The van der Waals surface area contributed by atoms with E-state index < -0.39 is 10.1 Å². The van der Waals surface area contributed by atoms with Gasteiger partial charge in [0.1, 0.15) is 27.4 Å². The zero-order valence-electron chi connectivity index (χ0n) is 26.8. The van der Waals surface area contributed by atoms with Gasteiger partial charge in [-0.2, -0.15) is 0 Å². The van der Waals surface area contributed by atoms with Gasteiger partial charge in [-0.25, -0.2) is 8.42 Å². The molecule has 0 aromatic heterocycles. The van der Waals surface area contributed by atoms with E-state index in [0.717, 1.165) is 81.2 Å². The van der Waals surface area contributed by atoms with Crippen molar-refractivity contribution in [2.45, 2.75) is 83.9 Å². The second-order valence-corrected chi connectivity index (χ2v) is 15.1. The quantitative estimate of drug-likeness (QED) is 0.126. The third-order valence-corrected chi connectivity index (χ3v) is 11.0. The van der Waals surface area contributed by atoms with E-state index in [1.54, 1.807) is 12.1 Å². The highest BCUT2D eigenvalue weighted by Gasteiger charge is 2.30. The minimum absolute atomic E-state index is 0.142. The van der Waals surface area contributed by atoms with Crippen molar-refractivity contribution < 1.29 is 41.4 Å². The van der Waals surface area contributed by atoms with Crippen molar-refractivity contribution in [2.75, 3.05) is 19.8 Å². The summed E-state index contributed by atoms with van der Waals surface area (Å²) in [5.74, 6) is 2.50. The first-order valence-corrected chi connectivity index (χ1v) is 18.9. The number of rotatable bonds is 10. The summed E-state index contributed by atoms with van der Waals surface area (Å²) in [4.78, 5) is 3.45. The van der Waals surface area contributed by atoms with Crippen molar-refractivity contribution in [3.8, 4) is 17.2 Å². The lowest BCUT2D eigenvalue weighted by Crippen LogP contribution is -2.14. The van der Waals surface area contributed by atoms with Gasteiger partial charge >= 0.3 is 0 Å². The lowest BCUT2D eigenvalue weighted by atomic mass is 10.2. The third-order valence-electron chi connectivity index (χ3n) is 7.95. The molecule has 0 bridgehead atoms. The molecule has 9 nitrogen and oxygen atoms in total. The number of benzene rings is 4. The van der Waals surface area contributed by atoms with Gasteiger partial charge in [-0.3, -0.25) is 0 Å². The van der Waals surface area contributed by atoms with Crippen LogP contribution in [0.25, 0.3) is 0 Å². The summed E-state index contributed by atoms with van der Waals surface area (Å²) in [6, 6.07) is 31.0. The van der Waals surface area contributed by atoms with Gasteiger partial charge < -0.3 is 33.0 Å². The van der Waals surface area contributed by atoms with Gasteiger partial charge in [0.05, 0.1) is 35.6 Å². The predicted octanol–water partition coefficient (Wildman–Crippen LogP) is 7.23. The van der Waals surface area contributed by atoms with Crippen LogP contribution in [0.5, 0.6) is 17.2 Å². The zero-order valence-corrected chi connectivity index (χ0v) is 28.5. The molecule has 3 saturated heterocycles. The molecule has 0 aliphatic carbocycles. The van der Waals surface area contributed by atoms with E-state index in [2.05, 4.69) is 36.4 Å². The van der Waals surface area contributed by atoms with Crippen molar-refractivity contribution in [1.82, 2.24) is 0 Å². The van der Waals surface area contributed by atoms with Crippen LogP contribution in [0.2, 0.25) is 0 Å². The molecule has 3 aliphatic rings. The van der Waals surface area contributed by atoms with E-state index in [9.17, 15) is 13.0 Å². The second kappa shape index (κ2) is 16.2. The topological polar surface area (TPSA) is 113 Å². The molecule has 254 valence electrons. The zero-order chi connectivity index (χ0) is 33.3. The monoisotopic (exact) mass is 692 g/mol. The molecular weight excluding hydrogens is 653 g/mol. The fourth-order valence-corrected chi connectivity index (χ4v) is 7.97. The summed E-state index contributed by atoms with van der Waals surface area (Å²) in [6.45, 7) is 4.13. The fraction of sp³-hybridized carbons (Fsp3) is 0.351. The Morgan fingerprint density at radius 3 is 1.17 bits per heavy atom. The van der Waals surface area contributed by atoms with Crippen molar-refractivity contribution in [1.29, 1.82) is 0 Å². The molecular formula is C37H40O9S2. The van der Waals surface area contributed by atoms with Crippen LogP contribution in [0, 0.1) is 6.92 Å². The highest BCUT2D eigenvalue weighted by Crippen LogP contribution is 2.35. The Hall–Kier alpha value is -3.58. The Balaban J connectivity index is 0.000000312. The highest BCUT2D eigenvalue weighted by molar-refractivity contribution is 7.97. The average molecular weight is 693 g/mol. The smallest absolute Gasteiger partial charge is 0.199 e. The van der Waals surface area contributed by atoms with E-state index in [-0.39, 0.29) is 34.7 Å². The fourth-order valence-electron chi connectivity index (χ4n) is 5.45. The van der Waals surface area contributed by atoms with Gasteiger partial charge in [0.2, 0.25) is 0 Å². The first kappa shape index (κ1) is 34.3. The Labute approximate surface area is 285 Å². The third kappa shape index (κ3) is 9.52. The molecule has 3 unspecified atom stereocenters. The predicted molar refractivity (Wildman–Crippen MR) is 179 cm³/mol. The van der Waals surface area contributed by atoms with Crippen LogP contribution in [-0.4, -0.2) is 51.7 Å². The molecule has 0 saturated carbocycles. The van der Waals surface area contributed by atoms with Crippen molar-refractivity contribution in [3.63, 3.8) is 0 Å². The Bertz CT molecular complexity index is 1530. The number of hydrogen-bond donors (Lipinski definition) is 0. The van der Waals surface area contributed by atoms with Crippen LogP contribution < -0.4 is 14.2 Å². The van der Waals surface area contributed by atoms with Crippen LogP contribution >= 0.6 is 0 Å². The molecule has 3 atom stereocenters. The van der Waals surface area contributed by atoms with E-state index in [0.29, 0.717) is 0 Å². The number of hydrogen-bond acceptors (Lipinski definition) is 9. The molecule has 0 radical (unpaired) electrons. The van der Waals surface area contributed by atoms with E-state index in [1.807, 2.05) is 43.3 Å². The van der Waals surface area contributed by atoms with E-state index in [4.69, 9.17) is 28.4 Å². The maximum absolute atomic E-state index is 10.4. The number of aryl methyl sites for hydroxylation is 1. The summed E-state index contributed by atoms with van der Waals surface area (Å²) in [7, 11) is -4.58. The van der Waals surface area contributed by atoms with Crippen molar-refractivity contribution in [2.24, 2.45) is 0 Å². The molecule has 3 aliphatic heterocycles. The van der Waals surface area contributed by atoms with E-state index >= 15 is 0 Å². The molecule has 3 fully saturated rings. The van der Waals surface area contributed by atoms with Crippen LogP contribution in [0.4, 0.5) is 0 Å². The first-order chi connectivity index (χ1) is 23.3. The molecule has 11 heteroatoms. The van der Waals surface area contributed by atoms with Gasteiger partial charge in [-0.1, -0.05) is 17.7 Å². The standard InChI is InChI=1S/C30H33O6S.C7H8O3S/c1-4-28(31-19-1)34-22-7-13-25(14-8-22)37(26-15-9-23(10-16-26)35-29-5-2-20-32-29)27-17-11-24(12-18-27)36-30-6-3-21-33-30;1-6-2-4-7(5-3-6)11(8,9)10/h7-18,28-30H,1-6,19-21H2;2-5H,1H3,(H,8,9,10)/q+1;/p-1. The summed E-state index contributed by atoms with van der Waals surface area (Å²) < 4.78 is 66.1. The van der Waals surface area contributed by atoms with Crippen LogP contribution in [0.3, 0.4) is 0 Å². The van der Waals surface area contributed by atoms with Crippen LogP contribution in [0.1, 0.15) is 44.1 Å². The number of ether oxygens (including phenoxy) is 6. The van der Waals surface area contributed by atoms with Crippen molar-refractivity contribution in [3.05, 3.63) is 103 Å². The SMILES string of the molecule is Cc1ccc(S(=O)(=O)[O-])cc1.c1cc([S+](c2ccc(OC3CCCO3)cc2)c2ccc(OC3CCCO3)cc2)ccc1OC1CCCO1. The van der Waals surface area contributed by atoms with Crippen LogP contribution in [-0.2, 0) is 35.2 Å². The maximum atomic E-state index is 10.4. The normalized spacial score (nSPS) is 21.2. The van der Waals surface area contributed by atoms with Crippen molar-refractivity contribution >= 4 is 21.0 Å². The Morgan fingerprint density at radius 2 is 0.896 bits per heavy atom. The summed E-state index contributed by atoms with van der Waals surface area (Å²) >= 11 is 0. The lowest BCUT2D eigenvalue weighted by Gasteiger charge is -2.15. The second-order valence-electron chi connectivity index (χ2n) is 11.7. The van der Waals surface area contributed by atoms with Gasteiger partial charge in [0.15, 0.2) is 33.6 Å². The molecule has 4 aromatic carbocycles. The molecule has 48 heavy (non-hydrogen) atoms. The van der Waals surface area contributed by atoms with Gasteiger partial charge in [-0.05, 0) is 111 Å². The highest BCUT2D eigenvalue weighted by atomic mass is 32.2.